The monoisotopic (exact) mass is 254 g/mol. The van der Waals surface area contributed by atoms with Crippen molar-refractivity contribution in [2.75, 3.05) is 0 Å². The number of aryl methyl sites for hydroxylation is 1. The topological polar surface area (TPSA) is 0 Å². The lowest BCUT2D eigenvalue weighted by Gasteiger charge is -2.16. The van der Waals surface area contributed by atoms with Gasteiger partial charge in [-0.25, -0.2) is 0 Å². The third-order valence-electron chi connectivity index (χ3n) is 4.67. The molecule has 0 amide bonds. The van der Waals surface area contributed by atoms with Crippen molar-refractivity contribution >= 4 is 38.4 Å². The maximum atomic E-state index is 2.43. The van der Waals surface area contributed by atoms with Crippen LogP contribution in [0.2, 0.25) is 0 Å². The molecule has 0 nitrogen and oxygen atoms in total. The smallest absolute Gasteiger partial charge is 0.00265 e. The fraction of sp³-hybridized carbons (Fsp3) is 0.100. The van der Waals surface area contributed by atoms with Crippen molar-refractivity contribution in [3.05, 3.63) is 65.4 Å². The fourth-order valence-corrected chi connectivity index (χ4v) is 3.86. The van der Waals surface area contributed by atoms with E-state index in [-0.39, 0.29) is 0 Å². The highest BCUT2D eigenvalue weighted by atomic mass is 14.2. The zero-order valence-electron chi connectivity index (χ0n) is 11.2. The van der Waals surface area contributed by atoms with Crippen LogP contribution in [-0.4, -0.2) is 0 Å². The van der Waals surface area contributed by atoms with Gasteiger partial charge in [0.1, 0.15) is 0 Å². The number of hydrogen-bond acceptors (Lipinski definition) is 0. The van der Waals surface area contributed by atoms with Gasteiger partial charge in [0, 0.05) is 0 Å². The summed E-state index contributed by atoms with van der Waals surface area (Å²) in [5.74, 6) is 0. The van der Waals surface area contributed by atoms with Crippen LogP contribution in [-0.2, 0) is 6.42 Å². The van der Waals surface area contributed by atoms with Crippen LogP contribution >= 0.6 is 0 Å². The summed E-state index contributed by atoms with van der Waals surface area (Å²) in [5, 5.41) is 9.93. The average molecular weight is 254 g/mol. The number of hydrogen-bond donors (Lipinski definition) is 0. The van der Waals surface area contributed by atoms with Gasteiger partial charge in [-0.2, -0.15) is 0 Å². The molecular weight excluding hydrogens is 240 g/mol. The zero-order chi connectivity index (χ0) is 13.1. The van der Waals surface area contributed by atoms with Gasteiger partial charge in [0.2, 0.25) is 0 Å². The Morgan fingerprint density at radius 2 is 1.35 bits per heavy atom. The van der Waals surface area contributed by atoms with Crippen molar-refractivity contribution in [3.63, 3.8) is 0 Å². The molecule has 0 spiro atoms. The Kier molecular flexibility index (Phi) is 1.88. The molecule has 0 fully saturated rings. The predicted octanol–water partition coefficient (Wildman–Crippen LogP) is 4.59. The Hall–Kier alpha value is -2.34. The van der Waals surface area contributed by atoms with Crippen LogP contribution in [0.5, 0.6) is 0 Å². The van der Waals surface area contributed by atoms with Gasteiger partial charge in [-0.05, 0) is 55.9 Å². The summed E-state index contributed by atoms with van der Waals surface area (Å²) in [6.07, 6.45) is 4.76. The quantitative estimate of drug-likeness (QED) is 0.318. The van der Waals surface area contributed by atoms with E-state index >= 15 is 0 Å². The molecule has 0 N–H and O–H groups in total. The second-order valence-electron chi connectivity index (χ2n) is 5.71. The van der Waals surface area contributed by atoms with Gasteiger partial charge in [0.15, 0.2) is 0 Å². The Bertz CT molecular complexity index is 1030. The lowest BCUT2D eigenvalue weighted by atomic mass is 9.87. The summed E-state index contributed by atoms with van der Waals surface area (Å²) >= 11 is 0. The molecule has 0 saturated heterocycles. The molecule has 5 rings (SSSR count). The predicted molar refractivity (Wildman–Crippen MR) is 87.0 cm³/mol. The Balaban J connectivity index is 2.28. The van der Waals surface area contributed by atoms with Crippen molar-refractivity contribution in [3.8, 4) is 0 Å². The van der Waals surface area contributed by atoms with E-state index in [4.69, 9.17) is 0 Å². The second kappa shape index (κ2) is 3.61. The maximum Gasteiger partial charge on any atom is -0.00265 e. The van der Waals surface area contributed by atoms with Gasteiger partial charge in [-0.3, -0.25) is 0 Å². The molecule has 0 aromatic heterocycles. The lowest BCUT2D eigenvalue weighted by molar-refractivity contribution is 1.04. The molecule has 4 aromatic rings. The summed E-state index contributed by atoms with van der Waals surface area (Å²) in [6, 6.07) is 20.1. The summed E-state index contributed by atoms with van der Waals surface area (Å²) in [5.41, 5.74) is 1.51. The number of rotatable bonds is 0. The van der Waals surface area contributed by atoms with Crippen LogP contribution < -0.4 is 5.22 Å². The van der Waals surface area contributed by atoms with Crippen molar-refractivity contribution in [2.45, 2.75) is 12.8 Å². The largest absolute Gasteiger partial charge is 0.0757 e. The van der Waals surface area contributed by atoms with Crippen LogP contribution in [0.3, 0.4) is 0 Å². The molecule has 94 valence electrons. The molecule has 0 saturated carbocycles. The van der Waals surface area contributed by atoms with E-state index in [1.807, 2.05) is 0 Å². The van der Waals surface area contributed by atoms with E-state index in [0.29, 0.717) is 0 Å². The van der Waals surface area contributed by atoms with Crippen LogP contribution in [0.25, 0.3) is 38.4 Å². The Morgan fingerprint density at radius 3 is 2.20 bits per heavy atom. The van der Waals surface area contributed by atoms with E-state index in [9.17, 15) is 0 Å². The Morgan fingerprint density at radius 1 is 0.650 bits per heavy atom. The second-order valence-corrected chi connectivity index (χ2v) is 5.71. The van der Waals surface area contributed by atoms with Crippen LogP contribution in [0.4, 0.5) is 0 Å². The molecule has 0 atom stereocenters. The van der Waals surface area contributed by atoms with E-state index < -0.39 is 0 Å². The third-order valence-corrected chi connectivity index (χ3v) is 4.67. The van der Waals surface area contributed by atoms with E-state index in [2.05, 4.69) is 60.7 Å². The SMILES string of the molecule is C1=c2c3cccc4cccc(c5cccc(c25)CC1)c43. The van der Waals surface area contributed by atoms with Crippen molar-refractivity contribution in [1.29, 1.82) is 0 Å². The van der Waals surface area contributed by atoms with Gasteiger partial charge in [0.25, 0.3) is 0 Å². The van der Waals surface area contributed by atoms with Crippen LogP contribution in [0, 0.1) is 0 Å². The van der Waals surface area contributed by atoms with Gasteiger partial charge in [0.05, 0.1) is 0 Å². The molecule has 4 aromatic carbocycles. The minimum Gasteiger partial charge on any atom is -0.0757 e. The van der Waals surface area contributed by atoms with E-state index in [1.165, 1.54) is 49.5 Å². The molecule has 20 heavy (non-hydrogen) atoms. The standard InChI is InChI=1S/C20H14/c1-5-13-6-2-11-17-18-12-4-8-14-7-3-10-16(20(14)18)15(9-1)19(13)17/h1-3,5-7,9-12H,4,8H2. The molecule has 0 unspecified atom stereocenters. The Labute approximate surface area is 117 Å². The first-order chi connectivity index (χ1) is 9.93. The first kappa shape index (κ1) is 10.4. The van der Waals surface area contributed by atoms with E-state index in [0.717, 1.165) is 6.42 Å². The molecule has 0 aliphatic heterocycles. The van der Waals surface area contributed by atoms with Crippen molar-refractivity contribution < 1.29 is 0 Å². The minimum atomic E-state index is 1.16. The third kappa shape index (κ3) is 1.17. The lowest BCUT2D eigenvalue weighted by Crippen LogP contribution is -2.11. The molecule has 0 radical (unpaired) electrons. The van der Waals surface area contributed by atoms with Gasteiger partial charge in [-0.15, -0.1) is 0 Å². The first-order valence-corrected chi connectivity index (χ1v) is 7.28. The van der Waals surface area contributed by atoms with E-state index in [1.54, 1.807) is 0 Å². The molecule has 0 heteroatoms. The summed E-state index contributed by atoms with van der Waals surface area (Å²) in [7, 11) is 0. The molecule has 1 aliphatic carbocycles. The molecule has 0 heterocycles. The van der Waals surface area contributed by atoms with Crippen molar-refractivity contribution in [1.82, 2.24) is 0 Å². The summed E-state index contributed by atoms with van der Waals surface area (Å²) < 4.78 is 0. The highest BCUT2D eigenvalue weighted by molar-refractivity contribution is 6.22. The summed E-state index contributed by atoms with van der Waals surface area (Å²) in [6.45, 7) is 0. The number of benzene rings is 4. The minimum absolute atomic E-state index is 1.16. The van der Waals surface area contributed by atoms with Crippen molar-refractivity contribution in [2.24, 2.45) is 0 Å². The normalized spacial score (nSPS) is 14.0. The number of fused-ring (bicyclic) bond motifs is 2. The van der Waals surface area contributed by atoms with Crippen LogP contribution in [0.1, 0.15) is 12.0 Å². The fourth-order valence-electron chi connectivity index (χ4n) is 3.86. The first-order valence-electron chi connectivity index (χ1n) is 7.28. The maximum absolute atomic E-state index is 2.43. The molecule has 1 aliphatic rings. The molecule has 0 bridgehead atoms. The highest BCUT2D eigenvalue weighted by Crippen LogP contribution is 2.33. The van der Waals surface area contributed by atoms with Crippen LogP contribution in [0.15, 0.2) is 54.6 Å². The summed E-state index contributed by atoms with van der Waals surface area (Å²) in [4.78, 5) is 0. The zero-order valence-corrected chi connectivity index (χ0v) is 11.2. The van der Waals surface area contributed by atoms with Gasteiger partial charge >= 0.3 is 0 Å². The highest BCUT2D eigenvalue weighted by Gasteiger charge is 2.13. The van der Waals surface area contributed by atoms with Gasteiger partial charge in [-0.1, -0.05) is 60.7 Å². The molecular formula is C20H14. The van der Waals surface area contributed by atoms with Gasteiger partial charge < -0.3 is 0 Å². The average Bonchev–Trinajstić information content (AvgIpc) is 2.52.